The Kier molecular flexibility index (Phi) is 3.42. The van der Waals surface area contributed by atoms with Gasteiger partial charge in [-0.1, -0.05) is 30.3 Å². The van der Waals surface area contributed by atoms with Gasteiger partial charge in [-0.05, 0) is 38.9 Å². The number of nitrogens with one attached hydrogen (secondary N) is 2. The quantitative estimate of drug-likeness (QED) is 0.865. The standard InChI is InChI=1S/C16H23N3O/c1-19(2)14-8-9-16(11-17-15(20)18-16)10-13(14)12-6-4-3-5-7-12/h3-7,13-14H,8-11H2,1-2H3,(H2,17,18,20)/t13?,14?,16-/m0/s1. The smallest absolute Gasteiger partial charge is 0.315 e. The molecule has 3 rings (SSSR count). The first-order valence-corrected chi connectivity index (χ1v) is 7.37. The summed E-state index contributed by atoms with van der Waals surface area (Å²) in [7, 11) is 4.31. The number of amides is 2. The summed E-state index contributed by atoms with van der Waals surface area (Å²) in [5.41, 5.74) is 1.33. The lowest BCUT2D eigenvalue weighted by Crippen LogP contribution is -2.52. The number of nitrogens with zero attached hydrogens (tertiary/aromatic N) is 1. The second kappa shape index (κ2) is 5.09. The predicted molar refractivity (Wildman–Crippen MR) is 79.8 cm³/mol. The molecule has 2 fully saturated rings. The first-order chi connectivity index (χ1) is 9.60. The normalized spacial score (nSPS) is 33.2. The van der Waals surface area contributed by atoms with Crippen molar-refractivity contribution in [2.24, 2.45) is 0 Å². The molecule has 1 aliphatic carbocycles. The number of benzene rings is 1. The molecule has 1 spiro atoms. The Morgan fingerprint density at radius 1 is 1.25 bits per heavy atom. The van der Waals surface area contributed by atoms with Gasteiger partial charge in [0.1, 0.15) is 0 Å². The molecule has 2 unspecified atom stereocenters. The molecule has 1 saturated carbocycles. The molecular formula is C16H23N3O. The first kappa shape index (κ1) is 13.4. The van der Waals surface area contributed by atoms with E-state index in [-0.39, 0.29) is 11.6 Å². The van der Waals surface area contributed by atoms with Crippen molar-refractivity contribution < 1.29 is 4.79 Å². The summed E-state index contributed by atoms with van der Waals surface area (Å²) in [5.74, 6) is 0.472. The van der Waals surface area contributed by atoms with Crippen LogP contribution in [0.25, 0.3) is 0 Å². The Labute approximate surface area is 120 Å². The second-order valence-corrected chi connectivity index (χ2v) is 6.38. The third-order valence-electron chi connectivity index (χ3n) is 4.85. The first-order valence-electron chi connectivity index (χ1n) is 7.37. The second-order valence-electron chi connectivity index (χ2n) is 6.38. The summed E-state index contributed by atoms with van der Waals surface area (Å²) in [5, 5.41) is 6.09. The number of carbonyl (C=O) groups excluding carboxylic acids is 1. The topological polar surface area (TPSA) is 44.4 Å². The van der Waals surface area contributed by atoms with Gasteiger partial charge in [-0.15, -0.1) is 0 Å². The lowest BCUT2D eigenvalue weighted by molar-refractivity contribution is 0.142. The van der Waals surface area contributed by atoms with Gasteiger partial charge >= 0.3 is 6.03 Å². The average molecular weight is 273 g/mol. The van der Waals surface area contributed by atoms with Crippen LogP contribution in [-0.4, -0.2) is 43.2 Å². The van der Waals surface area contributed by atoms with Gasteiger partial charge in [0.2, 0.25) is 0 Å². The number of hydrogen-bond acceptors (Lipinski definition) is 2. The van der Waals surface area contributed by atoms with E-state index >= 15 is 0 Å². The van der Waals surface area contributed by atoms with Gasteiger partial charge in [-0.3, -0.25) is 0 Å². The van der Waals surface area contributed by atoms with Crippen LogP contribution in [-0.2, 0) is 0 Å². The maximum absolute atomic E-state index is 11.5. The molecule has 0 aromatic heterocycles. The zero-order valence-electron chi connectivity index (χ0n) is 12.2. The van der Waals surface area contributed by atoms with Crippen molar-refractivity contribution >= 4 is 6.03 Å². The monoisotopic (exact) mass is 273 g/mol. The highest BCUT2D eigenvalue weighted by Gasteiger charge is 2.45. The predicted octanol–water partition coefficient (Wildman–Crippen LogP) is 1.94. The van der Waals surface area contributed by atoms with Crippen LogP contribution in [0.4, 0.5) is 4.79 Å². The van der Waals surface area contributed by atoms with Gasteiger partial charge in [-0.2, -0.15) is 0 Å². The van der Waals surface area contributed by atoms with Crippen LogP contribution in [0, 0.1) is 0 Å². The van der Waals surface area contributed by atoms with Crippen molar-refractivity contribution in [2.75, 3.05) is 20.6 Å². The van der Waals surface area contributed by atoms with Crippen molar-refractivity contribution in [3.05, 3.63) is 35.9 Å². The lowest BCUT2D eigenvalue weighted by Gasteiger charge is -2.44. The van der Waals surface area contributed by atoms with E-state index in [1.165, 1.54) is 5.56 Å². The van der Waals surface area contributed by atoms with Crippen molar-refractivity contribution in [3.8, 4) is 0 Å². The molecule has 2 aliphatic rings. The molecule has 1 aromatic carbocycles. The van der Waals surface area contributed by atoms with Crippen LogP contribution >= 0.6 is 0 Å². The highest BCUT2D eigenvalue weighted by molar-refractivity contribution is 5.77. The fourth-order valence-electron chi connectivity index (χ4n) is 3.80. The molecule has 1 aromatic rings. The molecule has 1 saturated heterocycles. The van der Waals surface area contributed by atoms with Crippen LogP contribution < -0.4 is 10.6 Å². The fraction of sp³-hybridized carbons (Fsp3) is 0.562. The van der Waals surface area contributed by atoms with Gasteiger partial charge in [-0.25, -0.2) is 4.79 Å². The van der Waals surface area contributed by atoms with Gasteiger partial charge in [0.25, 0.3) is 0 Å². The van der Waals surface area contributed by atoms with E-state index in [2.05, 4.69) is 60.0 Å². The summed E-state index contributed by atoms with van der Waals surface area (Å²) in [6.07, 6.45) is 3.19. The van der Waals surface area contributed by atoms with Crippen LogP contribution in [0.3, 0.4) is 0 Å². The lowest BCUT2D eigenvalue weighted by atomic mass is 9.70. The molecule has 3 atom stereocenters. The van der Waals surface area contributed by atoms with Crippen molar-refractivity contribution in [2.45, 2.75) is 36.8 Å². The van der Waals surface area contributed by atoms with E-state index in [1.807, 2.05) is 0 Å². The van der Waals surface area contributed by atoms with E-state index in [0.717, 1.165) is 25.8 Å². The third-order valence-corrected chi connectivity index (χ3v) is 4.85. The minimum absolute atomic E-state index is 0.0138. The van der Waals surface area contributed by atoms with E-state index < -0.39 is 0 Å². The van der Waals surface area contributed by atoms with Crippen molar-refractivity contribution in [1.82, 2.24) is 15.5 Å². The van der Waals surface area contributed by atoms with Gasteiger partial charge in [0.15, 0.2) is 0 Å². The summed E-state index contributed by atoms with van der Waals surface area (Å²) < 4.78 is 0. The van der Waals surface area contributed by atoms with E-state index in [0.29, 0.717) is 12.0 Å². The molecule has 4 heteroatoms. The molecule has 108 valence electrons. The highest BCUT2D eigenvalue weighted by Crippen LogP contribution is 2.41. The van der Waals surface area contributed by atoms with Crippen LogP contribution in [0.2, 0.25) is 0 Å². The average Bonchev–Trinajstić information content (AvgIpc) is 2.80. The van der Waals surface area contributed by atoms with Crippen LogP contribution in [0.5, 0.6) is 0 Å². The Hall–Kier alpha value is -1.55. The molecule has 20 heavy (non-hydrogen) atoms. The minimum atomic E-state index is -0.0515. The Balaban J connectivity index is 1.87. The molecule has 2 N–H and O–H groups in total. The molecule has 2 amide bonds. The van der Waals surface area contributed by atoms with Crippen molar-refractivity contribution in [1.29, 1.82) is 0 Å². The maximum Gasteiger partial charge on any atom is 0.315 e. The molecule has 4 nitrogen and oxygen atoms in total. The Morgan fingerprint density at radius 3 is 2.60 bits per heavy atom. The van der Waals surface area contributed by atoms with Gasteiger partial charge in [0, 0.05) is 18.5 Å². The number of hydrogen-bond donors (Lipinski definition) is 2. The fourth-order valence-corrected chi connectivity index (χ4v) is 3.80. The van der Waals surface area contributed by atoms with Crippen LogP contribution in [0.1, 0.15) is 30.7 Å². The number of rotatable bonds is 2. The van der Waals surface area contributed by atoms with Crippen LogP contribution in [0.15, 0.2) is 30.3 Å². The zero-order chi connectivity index (χ0) is 14.2. The Bertz CT molecular complexity index is 488. The van der Waals surface area contributed by atoms with Gasteiger partial charge in [0.05, 0.1) is 5.54 Å². The molecule has 1 heterocycles. The van der Waals surface area contributed by atoms with E-state index in [9.17, 15) is 4.79 Å². The third kappa shape index (κ3) is 2.40. The van der Waals surface area contributed by atoms with Gasteiger partial charge < -0.3 is 15.5 Å². The Morgan fingerprint density at radius 2 is 2.00 bits per heavy atom. The summed E-state index contributed by atoms with van der Waals surface area (Å²) in [4.78, 5) is 13.9. The highest BCUT2D eigenvalue weighted by atomic mass is 16.2. The number of urea groups is 1. The summed E-state index contributed by atoms with van der Waals surface area (Å²) >= 11 is 0. The van der Waals surface area contributed by atoms with Crippen molar-refractivity contribution in [3.63, 3.8) is 0 Å². The summed E-state index contributed by atoms with van der Waals surface area (Å²) in [6.45, 7) is 0.759. The minimum Gasteiger partial charge on any atom is -0.336 e. The largest absolute Gasteiger partial charge is 0.336 e. The maximum atomic E-state index is 11.5. The molecule has 0 bridgehead atoms. The number of carbonyl (C=O) groups is 1. The SMILES string of the molecule is CN(C)C1CC[C@@]2(CNC(=O)N2)CC1c1ccccc1. The van der Waals surface area contributed by atoms with E-state index in [4.69, 9.17) is 0 Å². The van der Waals surface area contributed by atoms with E-state index in [1.54, 1.807) is 0 Å². The molecular weight excluding hydrogens is 250 g/mol. The summed E-state index contributed by atoms with van der Waals surface area (Å²) in [6, 6.07) is 11.2. The zero-order valence-corrected chi connectivity index (χ0v) is 12.2. The molecule has 0 radical (unpaired) electrons. The number of likely N-dealkylation sites (N-methyl/N-ethyl adjacent to an activating group) is 1. The molecule has 1 aliphatic heterocycles.